The van der Waals surface area contributed by atoms with Gasteiger partial charge in [0, 0.05) is 12.4 Å². The molecule has 0 fully saturated rings. The number of hydrogen-bond donors (Lipinski definition) is 2. The molecule has 0 saturated heterocycles. The highest BCUT2D eigenvalue weighted by molar-refractivity contribution is 5.92. The number of benzene rings is 1. The average molecular weight is 256 g/mol. The van der Waals surface area contributed by atoms with Gasteiger partial charge in [0.1, 0.15) is 5.69 Å². The van der Waals surface area contributed by atoms with Gasteiger partial charge in [-0.1, -0.05) is 26.0 Å². The van der Waals surface area contributed by atoms with Crippen molar-refractivity contribution >= 4 is 11.6 Å². The van der Waals surface area contributed by atoms with E-state index in [4.69, 9.17) is 0 Å². The molecule has 1 heterocycles. The van der Waals surface area contributed by atoms with Crippen molar-refractivity contribution in [2.45, 2.75) is 19.8 Å². The number of hydrazine groups is 1. The molecule has 0 saturated carbocycles. The van der Waals surface area contributed by atoms with Crippen LogP contribution in [-0.2, 0) is 0 Å². The maximum absolute atomic E-state index is 11.7. The molecule has 1 aromatic carbocycles. The van der Waals surface area contributed by atoms with Crippen LogP contribution in [0.2, 0.25) is 0 Å². The van der Waals surface area contributed by atoms with Gasteiger partial charge in [-0.25, -0.2) is 4.98 Å². The second-order valence-corrected chi connectivity index (χ2v) is 4.45. The Morgan fingerprint density at radius 1 is 1.16 bits per heavy atom. The largest absolute Gasteiger partial charge is 0.298 e. The zero-order valence-corrected chi connectivity index (χ0v) is 10.9. The molecule has 19 heavy (non-hydrogen) atoms. The third-order valence-electron chi connectivity index (χ3n) is 2.69. The summed E-state index contributed by atoms with van der Waals surface area (Å²) in [5.41, 5.74) is 7.76. The Labute approximate surface area is 112 Å². The van der Waals surface area contributed by atoms with Gasteiger partial charge in [-0.15, -0.1) is 0 Å². The van der Waals surface area contributed by atoms with E-state index in [0.29, 0.717) is 5.92 Å². The molecule has 0 spiro atoms. The third kappa shape index (κ3) is 3.51. The summed E-state index contributed by atoms with van der Waals surface area (Å²) in [6, 6.07) is 7.90. The minimum atomic E-state index is -0.318. The summed E-state index contributed by atoms with van der Waals surface area (Å²) < 4.78 is 0. The number of anilines is 1. The Morgan fingerprint density at radius 2 is 1.89 bits per heavy atom. The Morgan fingerprint density at radius 3 is 2.47 bits per heavy atom. The van der Waals surface area contributed by atoms with Gasteiger partial charge in [-0.3, -0.25) is 20.6 Å². The van der Waals surface area contributed by atoms with Crippen LogP contribution in [-0.4, -0.2) is 15.9 Å². The topological polar surface area (TPSA) is 66.9 Å². The smallest absolute Gasteiger partial charge is 0.289 e. The molecular weight excluding hydrogens is 240 g/mol. The predicted octanol–water partition coefficient (Wildman–Crippen LogP) is 2.36. The molecule has 2 rings (SSSR count). The number of nitrogens with one attached hydrogen (secondary N) is 2. The molecule has 0 unspecified atom stereocenters. The Balaban J connectivity index is 1.94. The van der Waals surface area contributed by atoms with Gasteiger partial charge >= 0.3 is 0 Å². The van der Waals surface area contributed by atoms with E-state index in [-0.39, 0.29) is 11.6 Å². The van der Waals surface area contributed by atoms with Crippen molar-refractivity contribution in [3.05, 3.63) is 54.1 Å². The lowest BCUT2D eigenvalue weighted by Crippen LogP contribution is -2.30. The van der Waals surface area contributed by atoms with E-state index in [1.165, 1.54) is 24.2 Å². The minimum Gasteiger partial charge on any atom is -0.298 e. The van der Waals surface area contributed by atoms with Crippen molar-refractivity contribution in [1.29, 1.82) is 0 Å². The van der Waals surface area contributed by atoms with E-state index in [9.17, 15) is 4.79 Å². The average Bonchev–Trinajstić information content (AvgIpc) is 2.46. The SMILES string of the molecule is CC(C)c1ccc(NNC(=O)c2cnccn2)cc1. The van der Waals surface area contributed by atoms with Crippen LogP contribution < -0.4 is 10.9 Å². The van der Waals surface area contributed by atoms with Gasteiger partial charge in [-0.05, 0) is 23.6 Å². The summed E-state index contributed by atoms with van der Waals surface area (Å²) in [6.07, 6.45) is 4.42. The number of hydrogen-bond acceptors (Lipinski definition) is 4. The molecule has 0 aliphatic carbocycles. The second kappa shape index (κ2) is 5.95. The monoisotopic (exact) mass is 256 g/mol. The van der Waals surface area contributed by atoms with Crippen molar-refractivity contribution in [3.8, 4) is 0 Å². The van der Waals surface area contributed by atoms with Crippen LogP contribution in [0.3, 0.4) is 0 Å². The van der Waals surface area contributed by atoms with E-state index in [0.717, 1.165) is 5.69 Å². The molecule has 1 amide bonds. The molecular formula is C14H16N4O. The fourth-order valence-corrected chi connectivity index (χ4v) is 1.56. The molecule has 5 heteroatoms. The van der Waals surface area contributed by atoms with Crippen LogP contribution >= 0.6 is 0 Å². The first-order valence-electron chi connectivity index (χ1n) is 6.09. The number of nitrogens with zero attached hydrogens (tertiary/aromatic N) is 2. The lowest BCUT2D eigenvalue weighted by Gasteiger charge is -2.10. The Hall–Kier alpha value is -2.43. The molecule has 0 aliphatic heterocycles. The third-order valence-corrected chi connectivity index (χ3v) is 2.69. The van der Waals surface area contributed by atoms with Crippen LogP contribution in [0.5, 0.6) is 0 Å². The van der Waals surface area contributed by atoms with Gasteiger partial charge in [-0.2, -0.15) is 0 Å². The van der Waals surface area contributed by atoms with Crippen molar-refractivity contribution < 1.29 is 4.79 Å². The van der Waals surface area contributed by atoms with Crippen molar-refractivity contribution in [2.75, 3.05) is 5.43 Å². The van der Waals surface area contributed by atoms with Crippen molar-refractivity contribution in [3.63, 3.8) is 0 Å². The normalized spacial score (nSPS) is 10.3. The molecule has 0 bridgehead atoms. The minimum absolute atomic E-state index is 0.272. The fraction of sp³-hybridized carbons (Fsp3) is 0.214. The van der Waals surface area contributed by atoms with Crippen molar-refractivity contribution in [1.82, 2.24) is 15.4 Å². The summed E-state index contributed by atoms with van der Waals surface area (Å²) in [7, 11) is 0. The molecule has 0 aliphatic rings. The maximum Gasteiger partial charge on any atom is 0.289 e. The first-order valence-corrected chi connectivity index (χ1v) is 6.09. The van der Waals surface area contributed by atoms with E-state index < -0.39 is 0 Å². The maximum atomic E-state index is 11.7. The van der Waals surface area contributed by atoms with Crippen molar-refractivity contribution in [2.24, 2.45) is 0 Å². The zero-order chi connectivity index (χ0) is 13.7. The highest BCUT2D eigenvalue weighted by atomic mass is 16.2. The molecule has 5 nitrogen and oxygen atoms in total. The fourth-order valence-electron chi connectivity index (χ4n) is 1.56. The van der Waals surface area contributed by atoms with Gasteiger partial charge in [0.2, 0.25) is 0 Å². The lowest BCUT2D eigenvalue weighted by molar-refractivity contribution is 0.0957. The summed E-state index contributed by atoms with van der Waals surface area (Å²) in [5, 5.41) is 0. The first-order chi connectivity index (χ1) is 9.16. The molecule has 0 radical (unpaired) electrons. The van der Waals surface area contributed by atoms with E-state index in [1.807, 2.05) is 24.3 Å². The molecule has 1 aromatic heterocycles. The molecule has 2 aromatic rings. The second-order valence-electron chi connectivity index (χ2n) is 4.45. The number of rotatable bonds is 4. The molecule has 2 N–H and O–H groups in total. The summed E-state index contributed by atoms with van der Waals surface area (Å²) in [6.45, 7) is 4.27. The highest BCUT2D eigenvalue weighted by Crippen LogP contribution is 2.16. The van der Waals surface area contributed by atoms with Crippen LogP contribution in [0.1, 0.15) is 35.8 Å². The van der Waals surface area contributed by atoms with Crippen LogP contribution in [0.15, 0.2) is 42.9 Å². The van der Waals surface area contributed by atoms with Gasteiger partial charge < -0.3 is 0 Å². The Kier molecular flexibility index (Phi) is 4.07. The first kappa shape index (κ1) is 13.0. The predicted molar refractivity (Wildman–Crippen MR) is 73.7 cm³/mol. The van der Waals surface area contributed by atoms with E-state index in [2.05, 4.69) is 34.7 Å². The number of amides is 1. The van der Waals surface area contributed by atoms with E-state index >= 15 is 0 Å². The quantitative estimate of drug-likeness (QED) is 0.824. The summed E-state index contributed by atoms with van der Waals surface area (Å²) >= 11 is 0. The van der Waals surface area contributed by atoms with Crippen LogP contribution in [0.4, 0.5) is 5.69 Å². The number of aromatic nitrogens is 2. The van der Waals surface area contributed by atoms with Crippen LogP contribution in [0, 0.1) is 0 Å². The number of carbonyl (C=O) groups excluding carboxylic acids is 1. The standard InChI is InChI=1S/C14H16N4O/c1-10(2)11-3-5-12(6-4-11)17-18-14(19)13-9-15-7-8-16-13/h3-10,17H,1-2H3,(H,18,19). The van der Waals surface area contributed by atoms with Crippen LogP contribution in [0.25, 0.3) is 0 Å². The van der Waals surface area contributed by atoms with Gasteiger partial charge in [0.25, 0.3) is 5.91 Å². The Bertz CT molecular complexity index is 537. The highest BCUT2D eigenvalue weighted by Gasteiger charge is 2.05. The van der Waals surface area contributed by atoms with Gasteiger partial charge in [0.15, 0.2) is 0 Å². The van der Waals surface area contributed by atoms with E-state index in [1.54, 1.807) is 0 Å². The van der Waals surface area contributed by atoms with Gasteiger partial charge in [0.05, 0.1) is 11.9 Å². The lowest BCUT2D eigenvalue weighted by atomic mass is 10.0. The molecule has 0 atom stereocenters. The summed E-state index contributed by atoms with van der Waals surface area (Å²) in [5.74, 6) is 0.171. The zero-order valence-electron chi connectivity index (χ0n) is 10.9. The molecule has 98 valence electrons. The summed E-state index contributed by atoms with van der Waals surface area (Å²) in [4.78, 5) is 19.5. The number of carbonyl (C=O) groups is 1.